The Labute approximate surface area is 138 Å². The maximum absolute atomic E-state index is 10.3. The van der Waals surface area contributed by atoms with Gasteiger partial charge in [-0.2, -0.15) is 0 Å². The first kappa shape index (κ1) is 19.9. The van der Waals surface area contributed by atoms with Crippen molar-refractivity contribution in [3.63, 3.8) is 0 Å². The molecular weight excluding hydrogens is 328 g/mol. The van der Waals surface area contributed by atoms with Gasteiger partial charge in [-0.25, -0.2) is 0 Å². The quantitative estimate of drug-likeness (QED) is 0.258. The van der Waals surface area contributed by atoms with Gasteiger partial charge in [-0.3, -0.25) is 0 Å². The molecule has 0 aromatic heterocycles. The Hall–Kier alpha value is -0.400. The molecule has 2 rings (SSSR count). The third-order valence-electron chi connectivity index (χ3n) is 4.74. The second-order valence-electron chi connectivity index (χ2n) is 6.21. The normalized spacial score (nSPS) is 50.0. The number of rotatable bonds is 5. The van der Waals surface area contributed by atoms with E-state index in [1.165, 1.54) is 7.11 Å². The van der Waals surface area contributed by atoms with Gasteiger partial charge in [0, 0.05) is 13.0 Å². The average Bonchev–Trinajstić information content (AvgIpc) is 2.59. The smallest absolute Gasteiger partial charge is 0.163 e. The molecule has 0 amide bonds. The van der Waals surface area contributed by atoms with Crippen molar-refractivity contribution in [1.82, 2.24) is 0 Å². The maximum atomic E-state index is 10.3. The minimum atomic E-state index is -1.53. The minimum Gasteiger partial charge on any atom is -0.394 e. The molecule has 0 radical (unpaired) electrons. The van der Waals surface area contributed by atoms with Gasteiger partial charge in [-0.15, -0.1) is 0 Å². The van der Waals surface area contributed by atoms with E-state index in [-0.39, 0.29) is 6.42 Å². The van der Waals surface area contributed by atoms with E-state index in [9.17, 15) is 30.6 Å². The van der Waals surface area contributed by atoms with Gasteiger partial charge in [0.2, 0.25) is 0 Å². The highest BCUT2D eigenvalue weighted by molar-refractivity contribution is 4.96. The van der Waals surface area contributed by atoms with Gasteiger partial charge in [-0.05, 0) is 6.42 Å². The molecule has 2 heterocycles. The van der Waals surface area contributed by atoms with Gasteiger partial charge in [0.1, 0.15) is 36.6 Å². The fourth-order valence-corrected chi connectivity index (χ4v) is 3.26. The van der Waals surface area contributed by atoms with E-state index in [0.29, 0.717) is 0 Å². The standard InChI is InChI=1S/C14H26O10/c1-22-14-5(9(17)11(19)8(4-16)24-14)2-6-10(18)13(21)12(20)7(3-15)23-6/h5-21H,2-4H2,1H3/t5-,6-,7+,8+,9+,10+,11+,12+,13+,14-/m0/s1. The van der Waals surface area contributed by atoms with E-state index in [1.54, 1.807) is 0 Å². The molecule has 0 unspecified atom stereocenters. The molecule has 0 bridgehead atoms. The number of hydrogen-bond acceptors (Lipinski definition) is 10. The van der Waals surface area contributed by atoms with Crippen LogP contribution >= 0.6 is 0 Å². The minimum absolute atomic E-state index is 0.0731. The number of ether oxygens (including phenoxy) is 3. The third kappa shape index (κ3) is 3.73. The van der Waals surface area contributed by atoms with E-state index in [4.69, 9.17) is 19.3 Å². The Balaban J connectivity index is 2.12. The third-order valence-corrected chi connectivity index (χ3v) is 4.74. The summed E-state index contributed by atoms with van der Waals surface area (Å²) in [6, 6.07) is 0. The fraction of sp³-hybridized carbons (Fsp3) is 1.00. The van der Waals surface area contributed by atoms with Gasteiger partial charge < -0.3 is 50.0 Å². The zero-order valence-corrected chi connectivity index (χ0v) is 13.3. The van der Waals surface area contributed by atoms with Crippen molar-refractivity contribution in [3.8, 4) is 0 Å². The van der Waals surface area contributed by atoms with Gasteiger partial charge >= 0.3 is 0 Å². The largest absolute Gasteiger partial charge is 0.394 e. The van der Waals surface area contributed by atoms with Crippen molar-refractivity contribution in [2.45, 2.75) is 61.5 Å². The molecule has 10 heteroatoms. The van der Waals surface area contributed by atoms with Crippen LogP contribution in [0.3, 0.4) is 0 Å². The molecule has 2 fully saturated rings. The van der Waals surface area contributed by atoms with Crippen LogP contribution in [0.1, 0.15) is 6.42 Å². The lowest BCUT2D eigenvalue weighted by Crippen LogP contribution is -2.61. The summed E-state index contributed by atoms with van der Waals surface area (Å²) in [7, 11) is 1.32. The highest BCUT2D eigenvalue weighted by Crippen LogP contribution is 2.34. The number of aliphatic hydroxyl groups is 7. The molecule has 10 nitrogen and oxygen atoms in total. The zero-order chi connectivity index (χ0) is 18.0. The molecule has 0 spiro atoms. The van der Waals surface area contributed by atoms with Crippen molar-refractivity contribution in [3.05, 3.63) is 0 Å². The molecule has 0 saturated carbocycles. The predicted molar refractivity (Wildman–Crippen MR) is 76.6 cm³/mol. The van der Waals surface area contributed by atoms with E-state index in [2.05, 4.69) is 0 Å². The Bertz CT molecular complexity index is 392. The summed E-state index contributed by atoms with van der Waals surface area (Å²) in [5, 5.41) is 68.3. The molecule has 2 aliphatic rings. The average molecular weight is 354 g/mol. The monoisotopic (exact) mass is 354 g/mol. The molecule has 2 saturated heterocycles. The summed E-state index contributed by atoms with van der Waals surface area (Å²) >= 11 is 0. The molecule has 0 aromatic rings. The van der Waals surface area contributed by atoms with Crippen molar-refractivity contribution in [1.29, 1.82) is 0 Å². The van der Waals surface area contributed by atoms with Crippen molar-refractivity contribution >= 4 is 0 Å². The van der Waals surface area contributed by atoms with Crippen molar-refractivity contribution < 1.29 is 50.0 Å². The molecule has 0 aliphatic carbocycles. The predicted octanol–water partition coefficient (Wildman–Crippen LogP) is -4.08. The van der Waals surface area contributed by atoms with Gasteiger partial charge in [0.05, 0.1) is 25.4 Å². The lowest BCUT2D eigenvalue weighted by molar-refractivity contribution is -0.292. The summed E-state index contributed by atoms with van der Waals surface area (Å²) < 4.78 is 15.9. The van der Waals surface area contributed by atoms with Gasteiger partial charge in [0.25, 0.3) is 0 Å². The van der Waals surface area contributed by atoms with Crippen LogP contribution in [0, 0.1) is 5.92 Å². The van der Waals surface area contributed by atoms with E-state index in [1.807, 2.05) is 0 Å². The molecule has 2 aliphatic heterocycles. The first-order valence-corrected chi connectivity index (χ1v) is 7.81. The molecular formula is C14H26O10. The van der Waals surface area contributed by atoms with Gasteiger partial charge in [0.15, 0.2) is 6.29 Å². The second-order valence-corrected chi connectivity index (χ2v) is 6.21. The summed E-state index contributed by atoms with van der Waals surface area (Å²) in [6.07, 6.45) is -11.3. The molecule has 7 N–H and O–H groups in total. The maximum Gasteiger partial charge on any atom is 0.163 e. The van der Waals surface area contributed by atoms with Crippen LogP contribution in [0.2, 0.25) is 0 Å². The Morgan fingerprint density at radius 3 is 1.75 bits per heavy atom. The second kappa shape index (κ2) is 8.32. The Morgan fingerprint density at radius 1 is 0.708 bits per heavy atom. The number of hydrogen-bond donors (Lipinski definition) is 7. The molecule has 10 atom stereocenters. The lowest BCUT2D eigenvalue weighted by Gasteiger charge is -2.45. The zero-order valence-electron chi connectivity index (χ0n) is 13.3. The summed E-state index contributed by atoms with van der Waals surface area (Å²) in [5.41, 5.74) is 0. The molecule has 142 valence electrons. The number of aliphatic hydroxyl groups excluding tert-OH is 7. The van der Waals surface area contributed by atoms with Crippen LogP contribution in [0.15, 0.2) is 0 Å². The Morgan fingerprint density at radius 2 is 1.21 bits per heavy atom. The van der Waals surface area contributed by atoms with E-state index >= 15 is 0 Å². The van der Waals surface area contributed by atoms with Crippen LogP contribution in [0.5, 0.6) is 0 Å². The molecule has 24 heavy (non-hydrogen) atoms. The van der Waals surface area contributed by atoms with Crippen molar-refractivity contribution in [2.75, 3.05) is 20.3 Å². The highest BCUT2D eigenvalue weighted by atomic mass is 16.7. The SMILES string of the molecule is CO[C@H]1O[C@H](CO)[C@@H](O)[C@H](O)[C@@H]1C[C@@H]1O[C@H](CO)[C@@H](O)[C@H](O)[C@@H]1O. The van der Waals surface area contributed by atoms with Crippen LogP contribution < -0.4 is 0 Å². The van der Waals surface area contributed by atoms with E-state index in [0.717, 1.165) is 0 Å². The first-order valence-electron chi connectivity index (χ1n) is 7.81. The highest BCUT2D eigenvalue weighted by Gasteiger charge is 2.49. The van der Waals surface area contributed by atoms with Gasteiger partial charge in [-0.1, -0.05) is 0 Å². The Kier molecular flexibility index (Phi) is 6.90. The topological polar surface area (TPSA) is 169 Å². The number of methoxy groups -OCH3 is 1. The summed E-state index contributed by atoms with van der Waals surface area (Å²) in [5.74, 6) is -0.825. The first-order chi connectivity index (χ1) is 11.3. The van der Waals surface area contributed by atoms with Crippen LogP contribution in [-0.2, 0) is 14.2 Å². The summed E-state index contributed by atoms with van der Waals surface area (Å²) in [4.78, 5) is 0. The van der Waals surface area contributed by atoms with Crippen molar-refractivity contribution in [2.24, 2.45) is 5.92 Å². The van der Waals surface area contributed by atoms with Crippen LogP contribution in [0.4, 0.5) is 0 Å². The molecule has 0 aromatic carbocycles. The fourth-order valence-electron chi connectivity index (χ4n) is 3.26. The summed E-state index contributed by atoms with van der Waals surface area (Å²) in [6.45, 7) is -1.07. The van der Waals surface area contributed by atoms with Crippen LogP contribution in [-0.4, -0.2) is 111 Å². The van der Waals surface area contributed by atoms with E-state index < -0.39 is 74.3 Å². The lowest BCUT2D eigenvalue weighted by atomic mass is 9.83. The van der Waals surface area contributed by atoms with Crippen LogP contribution in [0.25, 0.3) is 0 Å².